The summed E-state index contributed by atoms with van der Waals surface area (Å²) in [5, 5.41) is 0. The Hall–Kier alpha value is -0.570. The minimum atomic E-state index is -0.0168. The number of nitrogens with zero attached hydrogens (tertiary/aromatic N) is 1. The number of ether oxygens (including phenoxy) is 1. The van der Waals surface area contributed by atoms with E-state index in [2.05, 4.69) is 11.8 Å². The Bertz CT molecular complexity index is 267. The number of hydrogen-bond donors (Lipinski definition) is 0. The molecule has 0 aromatic rings. The maximum Gasteiger partial charge on any atom is 0.305 e. The van der Waals surface area contributed by atoms with E-state index in [9.17, 15) is 4.79 Å². The molecule has 0 unspecified atom stereocenters. The van der Waals surface area contributed by atoms with Crippen LogP contribution in [0.2, 0.25) is 0 Å². The van der Waals surface area contributed by atoms with Crippen LogP contribution in [0.5, 0.6) is 0 Å². The van der Waals surface area contributed by atoms with E-state index in [1.54, 1.807) is 0 Å². The van der Waals surface area contributed by atoms with E-state index < -0.39 is 0 Å². The molecule has 0 saturated carbocycles. The normalized spacial score (nSPS) is 11.2. The van der Waals surface area contributed by atoms with Gasteiger partial charge in [0.2, 0.25) is 0 Å². The monoisotopic (exact) mass is 341 g/mol. The van der Waals surface area contributed by atoms with Crippen LogP contribution in [-0.2, 0) is 9.53 Å². The smallest absolute Gasteiger partial charge is 0.305 e. The van der Waals surface area contributed by atoms with Crippen LogP contribution in [0.25, 0.3) is 0 Å². The van der Waals surface area contributed by atoms with Crippen molar-refractivity contribution in [3.8, 4) is 0 Å². The van der Waals surface area contributed by atoms with Gasteiger partial charge in [-0.05, 0) is 26.9 Å². The van der Waals surface area contributed by atoms with Gasteiger partial charge in [0, 0.05) is 13.0 Å². The standard InChI is InChI=1S/C21H43NO2/c1-4-5-6-7-8-9-10-11-12-13-14-15-16-18-21(23)24-20-17-19-22(2)3/h4-20H2,1-3H3. The summed E-state index contributed by atoms with van der Waals surface area (Å²) in [5.74, 6) is -0.0168. The third-order valence-electron chi connectivity index (χ3n) is 4.50. The highest BCUT2D eigenvalue weighted by molar-refractivity contribution is 5.69. The second-order valence-electron chi connectivity index (χ2n) is 7.37. The van der Waals surface area contributed by atoms with E-state index in [4.69, 9.17) is 4.74 Å². The van der Waals surface area contributed by atoms with Crippen molar-refractivity contribution in [3.05, 3.63) is 0 Å². The molecule has 0 saturated heterocycles. The summed E-state index contributed by atoms with van der Waals surface area (Å²) in [4.78, 5) is 13.7. The molecular weight excluding hydrogens is 298 g/mol. The first-order valence-corrected chi connectivity index (χ1v) is 10.5. The summed E-state index contributed by atoms with van der Waals surface area (Å²) in [6.45, 7) is 3.82. The van der Waals surface area contributed by atoms with Crippen molar-refractivity contribution in [2.45, 2.75) is 103 Å². The van der Waals surface area contributed by atoms with Crippen molar-refractivity contribution in [1.29, 1.82) is 0 Å². The van der Waals surface area contributed by atoms with Crippen LogP contribution < -0.4 is 0 Å². The Kier molecular flexibility index (Phi) is 18.3. The first-order valence-electron chi connectivity index (χ1n) is 10.5. The van der Waals surface area contributed by atoms with Crippen molar-refractivity contribution < 1.29 is 9.53 Å². The van der Waals surface area contributed by atoms with Crippen LogP contribution in [0.15, 0.2) is 0 Å². The van der Waals surface area contributed by atoms with E-state index in [1.165, 1.54) is 77.0 Å². The average Bonchev–Trinajstić information content (AvgIpc) is 2.55. The Balaban J connectivity index is 3.12. The Labute approximate surface area is 151 Å². The van der Waals surface area contributed by atoms with Gasteiger partial charge >= 0.3 is 5.97 Å². The lowest BCUT2D eigenvalue weighted by Crippen LogP contribution is -2.16. The molecule has 0 aliphatic rings. The predicted octanol–water partition coefficient (Wildman–Crippen LogP) is 5.96. The molecule has 0 bridgehead atoms. The maximum absolute atomic E-state index is 11.6. The van der Waals surface area contributed by atoms with Crippen LogP contribution in [0.3, 0.4) is 0 Å². The summed E-state index contributed by atoms with van der Waals surface area (Å²) in [6, 6.07) is 0. The third-order valence-corrected chi connectivity index (χ3v) is 4.50. The van der Waals surface area contributed by atoms with Gasteiger partial charge in [0.15, 0.2) is 0 Å². The second kappa shape index (κ2) is 18.8. The third kappa shape index (κ3) is 19.5. The number of hydrogen-bond acceptors (Lipinski definition) is 3. The lowest BCUT2D eigenvalue weighted by Gasteiger charge is -2.09. The molecular formula is C21H43NO2. The maximum atomic E-state index is 11.6. The highest BCUT2D eigenvalue weighted by Crippen LogP contribution is 2.13. The van der Waals surface area contributed by atoms with Gasteiger partial charge in [0.1, 0.15) is 0 Å². The van der Waals surface area contributed by atoms with E-state index >= 15 is 0 Å². The predicted molar refractivity (Wildman–Crippen MR) is 104 cm³/mol. The SMILES string of the molecule is CCCCCCCCCCCCCCCC(=O)OCCCN(C)C. The first-order chi connectivity index (χ1) is 11.7. The summed E-state index contributed by atoms with van der Waals surface area (Å²) >= 11 is 0. The minimum absolute atomic E-state index is 0.0168. The number of rotatable bonds is 18. The van der Waals surface area contributed by atoms with Crippen LogP contribution in [0.1, 0.15) is 103 Å². The Morgan fingerprint density at radius 3 is 1.62 bits per heavy atom. The molecule has 0 aliphatic carbocycles. The van der Waals surface area contributed by atoms with Crippen molar-refractivity contribution in [3.63, 3.8) is 0 Å². The van der Waals surface area contributed by atoms with E-state index in [1.807, 2.05) is 14.1 Å². The zero-order valence-electron chi connectivity index (χ0n) is 16.8. The summed E-state index contributed by atoms with van der Waals surface area (Å²) in [7, 11) is 4.07. The van der Waals surface area contributed by atoms with Crippen LogP contribution in [0, 0.1) is 0 Å². The van der Waals surface area contributed by atoms with Crippen LogP contribution in [0.4, 0.5) is 0 Å². The van der Waals surface area contributed by atoms with Gasteiger partial charge in [-0.2, -0.15) is 0 Å². The summed E-state index contributed by atoms with van der Waals surface area (Å²) < 4.78 is 5.23. The molecule has 0 spiro atoms. The molecule has 24 heavy (non-hydrogen) atoms. The molecule has 0 aromatic carbocycles. The summed E-state index contributed by atoms with van der Waals surface area (Å²) in [6.07, 6.45) is 18.9. The highest BCUT2D eigenvalue weighted by atomic mass is 16.5. The topological polar surface area (TPSA) is 29.5 Å². The lowest BCUT2D eigenvalue weighted by molar-refractivity contribution is -0.143. The zero-order valence-corrected chi connectivity index (χ0v) is 16.8. The molecule has 0 rings (SSSR count). The fourth-order valence-corrected chi connectivity index (χ4v) is 2.93. The van der Waals surface area contributed by atoms with Gasteiger partial charge in [0.25, 0.3) is 0 Å². The fourth-order valence-electron chi connectivity index (χ4n) is 2.93. The van der Waals surface area contributed by atoms with Crippen molar-refractivity contribution in [2.75, 3.05) is 27.2 Å². The van der Waals surface area contributed by atoms with Gasteiger partial charge in [-0.3, -0.25) is 4.79 Å². The zero-order chi connectivity index (χ0) is 17.9. The molecule has 0 atom stereocenters. The van der Waals surface area contributed by atoms with Crippen molar-refractivity contribution in [1.82, 2.24) is 4.90 Å². The largest absolute Gasteiger partial charge is 0.466 e. The molecule has 3 heteroatoms. The molecule has 0 fully saturated rings. The number of esters is 1. The van der Waals surface area contributed by atoms with E-state index in [-0.39, 0.29) is 5.97 Å². The number of unbranched alkanes of at least 4 members (excludes halogenated alkanes) is 12. The number of carbonyl (C=O) groups is 1. The highest BCUT2D eigenvalue weighted by Gasteiger charge is 2.02. The first kappa shape index (κ1) is 23.4. The van der Waals surface area contributed by atoms with Crippen molar-refractivity contribution in [2.24, 2.45) is 0 Å². The van der Waals surface area contributed by atoms with Crippen LogP contribution in [-0.4, -0.2) is 38.1 Å². The molecule has 0 amide bonds. The molecule has 0 radical (unpaired) electrons. The minimum Gasteiger partial charge on any atom is -0.466 e. The molecule has 0 N–H and O–H groups in total. The van der Waals surface area contributed by atoms with E-state index in [0.717, 1.165) is 19.4 Å². The number of carbonyl (C=O) groups excluding carboxylic acids is 1. The molecule has 0 aromatic heterocycles. The Morgan fingerprint density at radius 1 is 0.708 bits per heavy atom. The molecule has 3 nitrogen and oxygen atoms in total. The molecule has 144 valence electrons. The van der Waals surface area contributed by atoms with Gasteiger partial charge < -0.3 is 9.64 Å². The fraction of sp³-hybridized carbons (Fsp3) is 0.952. The van der Waals surface area contributed by atoms with Gasteiger partial charge in [0.05, 0.1) is 6.61 Å². The van der Waals surface area contributed by atoms with Gasteiger partial charge in [-0.25, -0.2) is 0 Å². The molecule has 0 aliphatic heterocycles. The van der Waals surface area contributed by atoms with Gasteiger partial charge in [-0.15, -0.1) is 0 Å². The van der Waals surface area contributed by atoms with Crippen molar-refractivity contribution >= 4 is 5.97 Å². The quantitative estimate of drug-likeness (QED) is 0.227. The summed E-state index contributed by atoms with van der Waals surface area (Å²) in [5.41, 5.74) is 0. The lowest BCUT2D eigenvalue weighted by atomic mass is 10.0. The second-order valence-corrected chi connectivity index (χ2v) is 7.37. The van der Waals surface area contributed by atoms with E-state index in [0.29, 0.717) is 13.0 Å². The average molecular weight is 342 g/mol. The Morgan fingerprint density at radius 2 is 1.17 bits per heavy atom. The van der Waals surface area contributed by atoms with Crippen LogP contribution >= 0.6 is 0 Å². The van der Waals surface area contributed by atoms with Gasteiger partial charge in [-0.1, -0.05) is 84.0 Å². The molecule has 0 heterocycles.